The molecule has 1 spiro atoms. The largest absolute Gasteiger partial charge is 0.368 e. The summed E-state index contributed by atoms with van der Waals surface area (Å²) in [5, 5.41) is 8.12. The molecule has 1 saturated heterocycles. The maximum Gasteiger partial charge on any atom is 0.243 e. The lowest BCUT2D eigenvalue weighted by molar-refractivity contribution is -0.142. The third-order valence-corrected chi connectivity index (χ3v) is 5.93. The summed E-state index contributed by atoms with van der Waals surface area (Å²) in [7, 11) is 0. The molecule has 3 aliphatic rings. The third-order valence-electron chi connectivity index (χ3n) is 5.93. The molecule has 6 nitrogen and oxygen atoms in total. The average molecular weight is 364 g/mol. The second-order valence-corrected chi connectivity index (χ2v) is 7.52. The van der Waals surface area contributed by atoms with E-state index in [1.54, 1.807) is 0 Å². The molecular weight excluding hydrogens is 340 g/mol. The lowest BCUT2D eigenvalue weighted by Gasteiger charge is -2.43. The zero-order valence-electron chi connectivity index (χ0n) is 15.3. The Kier molecular flexibility index (Phi) is 4.10. The molecule has 4 heterocycles. The van der Waals surface area contributed by atoms with Gasteiger partial charge in [-0.1, -0.05) is 30.4 Å². The maximum atomic E-state index is 12.7. The van der Waals surface area contributed by atoms with Crippen LogP contribution in [0.2, 0.25) is 0 Å². The highest BCUT2D eigenvalue weighted by Gasteiger charge is 2.44. The molecule has 1 unspecified atom stereocenters. The van der Waals surface area contributed by atoms with Crippen LogP contribution in [0.5, 0.6) is 0 Å². The molecule has 3 aliphatic heterocycles. The monoisotopic (exact) mass is 364 g/mol. The number of fused-ring (bicyclic) bond motifs is 2. The minimum atomic E-state index is -0.358. The van der Waals surface area contributed by atoms with Gasteiger partial charge in [0.25, 0.3) is 0 Å². The lowest BCUT2D eigenvalue weighted by atomic mass is 9.83. The minimum Gasteiger partial charge on any atom is -0.368 e. The molecule has 6 heteroatoms. The van der Waals surface area contributed by atoms with Crippen molar-refractivity contribution in [1.82, 2.24) is 20.0 Å². The number of piperidine rings is 1. The van der Waals surface area contributed by atoms with E-state index in [9.17, 15) is 4.79 Å². The SMILES string of the molecule is O=C(C1C=CCN1)N1CCC2(CC1)OCCc1cn(-c3ccccc3)nc12. The molecule has 1 fully saturated rings. The average Bonchev–Trinajstić information content (AvgIpc) is 3.40. The van der Waals surface area contributed by atoms with E-state index in [1.807, 2.05) is 39.9 Å². The molecule has 1 aromatic heterocycles. The number of ether oxygens (including phenoxy) is 1. The number of rotatable bonds is 2. The van der Waals surface area contributed by atoms with Crippen molar-refractivity contribution < 1.29 is 9.53 Å². The first-order valence-corrected chi connectivity index (χ1v) is 9.72. The molecule has 0 radical (unpaired) electrons. The number of hydrogen-bond acceptors (Lipinski definition) is 4. The van der Waals surface area contributed by atoms with E-state index in [4.69, 9.17) is 9.84 Å². The highest BCUT2D eigenvalue weighted by Crippen LogP contribution is 2.41. The number of hydrogen-bond donors (Lipinski definition) is 1. The van der Waals surface area contributed by atoms with Gasteiger partial charge in [0, 0.05) is 25.8 Å². The van der Waals surface area contributed by atoms with Crippen LogP contribution in [0.1, 0.15) is 24.1 Å². The Morgan fingerprint density at radius 2 is 2.04 bits per heavy atom. The fraction of sp³-hybridized carbons (Fsp3) is 0.429. The molecular formula is C21H24N4O2. The Balaban J connectivity index is 1.37. The van der Waals surface area contributed by atoms with Crippen molar-refractivity contribution in [2.24, 2.45) is 0 Å². The zero-order chi connectivity index (χ0) is 18.3. The first kappa shape index (κ1) is 16.7. The van der Waals surface area contributed by atoms with Crippen LogP contribution in [-0.4, -0.2) is 52.9 Å². The lowest BCUT2D eigenvalue weighted by Crippen LogP contribution is -2.52. The highest BCUT2D eigenvalue weighted by atomic mass is 16.5. The van der Waals surface area contributed by atoms with Gasteiger partial charge in [-0.25, -0.2) is 4.68 Å². The van der Waals surface area contributed by atoms with Crippen LogP contribution >= 0.6 is 0 Å². The Morgan fingerprint density at radius 3 is 2.78 bits per heavy atom. The molecule has 5 rings (SSSR count). The molecule has 1 aromatic carbocycles. The smallest absolute Gasteiger partial charge is 0.243 e. The summed E-state index contributed by atoms with van der Waals surface area (Å²) in [4.78, 5) is 14.6. The van der Waals surface area contributed by atoms with Gasteiger partial charge in [0.05, 0.1) is 18.0 Å². The molecule has 1 N–H and O–H groups in total. The van der Waals surface area contributed by atoms with Crippen molar-refractivity contribution in [2.45, 2.75) is 30.9 Å². The summed E-state index contributed by atoms with van der Waals surface area (Å²) in [6.45, 7) is 2.91. The van der Waals surface area contributed by atoms with Crippen LogP contribution in [0.15, 0.2) is 48.7 Å². The molecule has 140 valence electrons. The quantitative estimate of drug-likeness (QED) is 0.826. The molecule has 27 heavy (non-hydrogen) atoms. The van der Waals surface area contributed by atoms with Crippen molar-refractivity contribution >= 4 is 5.91 Å². The summed E-state index contributed by atoms with van der Waals surface area (Å²) in [6, 6.07) is 10.0. The molecule has 0 aliphatic carbocycles. The normalized spacial score (nSPS) is 23.6. The molecule has 2 aromatic rings. The Morgan fingerprint density at radius 1 is 1.22 bits per heavy atom. The van der Waals surface area contributed by atoms with Crippen LogP contribution in [0.25, 0.3) is 5.69 Å². The van der Waals surface area contributed by atoms with E-state index >= 15 is 0 Å². The van der Waals surface area contributed by atoms with Crippen LogP contribution in [0.4, 0.5) is 0 Å². The van der Waals surface area contributed by atoms with Gasteiger partial charge in [0.15, 0.2) is 0 Å². The van der Waals surface area contributed by atoms with Gasteiger partial charge in [-0.05, 0) is 37.0 Å². The third kappa shape index (κ3) is 2.89. The van der Waals surface area contributed by atoms with Gasteiger partial charge in [-0.15, -0.1) is 0 Å². The molecule has 0 saturated carbocycles. The summed E-state index contributed by atoms with van der Waals surface area (Å²) in [5.41, 5.74) is 3.03. The van der Waals surface area contributed by atoms with E-state index in [2.05, 4.69) is 23.6 Å². The number of carbonyl (C=O) groups excluding carboxylic acids is 1. The van der Waals surface area contributed by atoms with Crippen LogP contribution in [0, 0.1) is 0 Å². The van der Waals surface area contributed by atoms with Gasteiger partial charge in [0.1, 0.15) is 11.6 Å². The first-order chi connectivity index (χ1) is 13.3. The second kappa shape index (κ2) is 6.62. The number of para-hydroxylation sites is 1. The molecule has 1 atom stereocenters. The van der Waals surface area contributed by atoms with E-state index in [0.29, 0.717) is 19.7 Å². The zero-order valence-corrected chi connectivity index (χ0v) is 15.3. The topological polar surface area (TPSA) is 59.4 Å². The second-order valence-electron chi connectivity index (χ2n) is 7.52. The van der Waals surface area contributed by atoms with Crippen molar-refractivity contribution in [3.8, 4) is 5.69 Å². The van der Waals surface area contributed by atoms with Crippen LogP contribution in [0.3, 0.4) is 0 Å². The van der Waals surface area contributed by atoms with Gasteiger partial charge in [0.2, 0.25) is 5.91 Å². The van der Waals surface area contributed by atoms with Crippen molar-refractivity contribution in [1.29, 1.82) is 0 Å². The number of aromatic nitrogens is 2. The summed E-state index contributed by atoms with van der Waals surface area (Å²) >= 11 is 0. The summed E-state index contributed by atoms with van der Waals surface area (Å²) in [5.74, 6) is 0.171. The number of nitrogens with one attached hydrogen (secondary N) is 1. The number of nitrogens with zero attached hydrogens (tertiary/aromatic N) is 3. The van der Waals surface area contributed by atoms with E-state index in [1.165, 1.54) is 5.56 Å². The van der Waals surface area contributed by atoms with Crippen LogP contribution < -0.4 is 5.32 Å². The van der Waals surface area contributed by atoms with E-state index in [-0.39, 0.29) is 17.6 Å². The fourth-order valence-corrected chi connectivity index (χ4v) is 4.42. The number of likely N-dealkylation sites (tertiary alicyclic amines) is 1. The standard InChI is InChI=1S/C21H24N4O2/c26-20(18-7-4-11-22-18)24-12-9-21(10-13-24)19-16(8-14-27-21)15-25(23-19)17-5-2-1-3-6-17/h1-7,15,18,22H,8-14H2. The number of benzene rings is 1. The number of carbonyl (C=O) groups is 1. The van der Waals surface area contributed by atoms with Crippen molar-refractivity contribution in [3.63, 3.8) is 0 Å². The van der Waals surface area contributed by atoms with Crippen molar-refractivity contribution in [3.05, 3.63) is 59.9 Å². The van der Waals surface area contributed by atoms with Crippen LogP contribution in [-0.2, 0) is 21.6 Å². The van der Waals surface area contributed by atoms with Gasteiger partial charge in [-0.3, -0.25) is 10.1 Å². The fourth-order valence-electron chi connectivity index (χ4n) is 4.42. The van der Waals surface area contributed by atoms with Gasteiger partial charge in [-0.2, -0.15) is 5.10 Å². The Labute approximate surface area is 158 Å². The van der Waals surface area contributed by atoms with Crippen molar-refractivity contribution in [2.75, 3.05) is 26.2 Å². The predicted octanol–water partition coefficient (Wildman–Crippen LogP) is 1.79. The molecule has 1 amide bonds. The van der Waals surface area contributed by atoms with Gasteiger partial charge < -0.3 is 9.64 Å². The first-order valence-electron chi connectivity index (χ1n) is 9.72. The minimum absolute atomic E-state index is 0.167. The Hall–Kier alpha value is -2.44. The summed E-state index contributed by atoms with van der Waals surface area (Å²) in [6.07, 6.45) is 8.61. The predicted molar refractivity (Wildman–Crippen MR) is 102 cm³/mol. The van der Waals surface area contributed by atoms with Gasteiger partial charge >= 0.3 is 0 Å². The van der Waals surface area contributed by atoms with E-state index < -0.39 is 0 Å². The number of amides is 1. The maximum absolute atomic E-state index is 12.7. The van der Waals surface area contributed by atoms with E-state index in [0.717, 1.165) is 37.2 Å². The summed E-state index contributed by atoms with van der Waals surface area (Å²) < 4.78 is 8.26. The molecule has 0 bridgehead atoms. The highest BCUT2D eigenvalue weighted by molar-refractivity contribution is 5.84. The Bertz CT molecular complexity index is 866.